The number of aryl methyl sites for hydroxylation is 1. The van der Waals surface area contributed by atoms with Gasteiger partial charge < -0.3 is 19.9 Å². The fourth-order valence-electron chi connectivity index (χ4n) is 4.47. The van der Waals surface area contributed by atoms with Crippen LogP contribution in [0.2, 0.25) is 0 Å². The van der Waals surface area contributed by atoms with E-state index >= 15 is 0 Å². The van der Waals surface area contributed by atoms with Gasteiger partial charge in [-0.15, -0.1) is 0 Å². The number of benzene rings is 1. The molecule has 2 saturated heterocycles. The summed E-state index contributed by atoms with van der Waals surface area (Å²) in [6.45, 7) is 6.21. The lowest BCUT2D eigenvalue weighted by Crippen LogP contribution is -2.38. The van der Waals surface area contributed by atoms with Crippen LogP contribution in [0.3, 0.4) is 0 Å². The monoisotopic (exact) mass is 463 g/mol. The van der Waals surface area contributed by atoms with Gasteiger partial charge in [0.1, 0.15) is 0 Å². The van der Waals surface area contributed by atoms with Crippen molar-refractivity contribution in [2.24, 2.45) is 0 Å². The zero-order valence-corrected chi connectivity index (χ0v) is 19.3. The van der Waals surface area contributed by atoms with Gasteiger partial charge in [0, 0.05) is 43.9 Å². The summed E-state index contributed by atoms with van der Waals surface area (Å²) >= 11 is 0. The third-order valence-electron chi connectivity index (χ3n) is 6.34. The van der Waals surface area contributed by atoms with E-state index in [4.69, 9.17) is 9.72 Å². The van der Waals surface area contributed by atoms with Gasteiger partial charge in [-0.05, 0) is 38.3 Å². The first-order chi connectivity index (χ1) is 16.6. The molecule has 0 spiro atoms. The highest BCUT2D eigenvalue weighted by molar-refractivity contribution is 5.94. The van der Waals surface area contributed by atoms with Crippen molar-refractivity contribution in [3.63, 3.8) is 0 Å². The van der Waals surface area contributed by atoms with Crippen LogP contribution in [0.25, 0.3) is 11.0 Å². The number of anilines is 3. The zero-order chi connectivity index (χ0) is 23.5. The summed E-state index contributed by atoms with van der Waals surface area (Å²) in [6, 6.07) is 7.65. The number of amides is 1. The van der Waals surface area contributed by atoms with Gasteiger partial charge in [-0.25, -0.2) is 15.0 Å². The van der Waals surface area contributed by atoms with Gasteiger partial charge >= 0.3 is 0 Å². The minimum atomic E-state index is -0.207. The van der Waals surface area contributed by atoms with Crippen LogP contribution in [0.1, 0.15) is 30.5 Å². The SMILES string of the molecule is Cc1nc(N2CCOCC2)[nH]c(=O)c1CCC(=O)Nc1nc2ccccc2nc1N1CCCC1. The van der Waals surface area contributed by atoms with E-state index in [1.807, 2.05) is 36.1 Å². The number of aromatic nitrogens is 4. The van der Waals surface area contributed by atoms with Gasteiger partial charge in [0.15, 0.2) is 11.6 Å². The van der Waals surface area contributed by atoms with Crippen molar-refractivity contribution in [2.45, 2.75) is 32.6 Å². The van der Waals surface area contributed by atoms with Gasteiger partial charge in [0.25, 0.3) is 5.56 Å². The summed E-state index contributed by atoms with van der Waals surface area (Å²) in [7, 11) is 0. The quantitative estimate of drug-likeness (QED) is 0.570. The van der Waals surface area contributed by atoms with E-state index in [1.165, 1.54) is 0 Å². The molecule has 0 saturated carbocycles. The molecule has 10 nitrogen and oxygen atoms in total. The molecule has 178 valence electrons. The fourth-order valence-corrected chi connectivity index (χ4v) is 4.47. The van der Waals surface area contributed by atoms with Crippen molar-refractivity contribution in [2.75, 3.05) is 54.5 Å². The Balaban J connectivity index is 1.31. The van der Waals surface area contributed by atoms with Gasteiger partial charge in [-0.3, -0.25) is 14.6 Å². The molecule has 0 aliphatic carbocycles. The van der Waals surface area contributed by atoms with E-state index < -0.39 is 0 Å². The van der Waals surface area contributed by atoms with Gasteiger partial charge in [-0.2, -0.15) is 0 Å². The summed E-state index contributed by atoms with van der Waals surface area (Å²) in [6.07, 6.45) is 2.63. The van der Waals surface area contributed by atoms with Crippen molar-refractivity contribution < 1.29 is 9.53 Å². The number of carbonyl (C=O) groups is 1. The minimum Gasteiger partial charge on any atom is -0.378 e. The van der Waals surface area contributed by atoms with Crippen LogP contribution in [0.5, 0.6) is 0 Å². The number of nitrogens with zero attached hydrogens (tertiary/aromatic N) is 5. The van der Waals surface area contributed by atoms with E-state index in [0.29, 0.717) is 61.6 Å². The van der Waals surface area contributed by atoms with E-state index in [1.54, 1.807) is 0 Å². The molecule has 0 unspecified atom stereocenters. The third kappa shape index (κ3) is 4.72. The second kappa shape index (κ2) is 9.76. The van der Waals surface area contributed by atoms with Crippen molar-refractivity contribution in [3.8, 4) is 0 Å². The molecule has 0 atom stereocenters. The standard InChI is InChI=1S/C24H29N7O3/c1-16-17(23(33)29-24(25-16)31-12-14-34-15-13-31)8-9-20(32)28-21-22(30-10-4-5-11-30)27-19-7-3-2-6-18(19)26-21/h2-3,6-7H,4-5,8-15H2,1H3,(H,25,29,33)(H,26,28,32). The van der Waals surface area contributed by atoms with Crippen LogP contribution in [-0.4, -0.2) is 65.2 Å². The summed E-state index contributed by atoms with van der Waals surface area (Å²) in [5, 5.41) is 2.94. The first-order valence-corrected chi connectivity index (χ1v) is 11.8. The highest BCUT2D eigenvalue weighted by atomic mass is 16.5. The second-order valence-corrected chi connectivity index (χ2v) is 8.68. The van der Waals surface area contributed by atoms with Crippen molar-refractivity contribution in [3.05, 3.63) is 45.9 Å². The van der Waals surface area contributed by atoms with Crippen LogP contribution in [0.4, 0.5) is 17.6 Å². The number of nitrogens with one attached hydrogen (secondary N) is 2. The summed E-state index contributed by atoms with van der Waals surface area (Å²) in [5.41, 5.74) is 2.50. The molecule has 2 N–H and O–H groups in total. The Labute approximate surface area is 197 Å². The van der Waals surface area contributed by atoms with E-state index in [9.17, 15) is 9.59 Å². The fraction of sp³-hybridized carbons (Fsp3) is 0.458. The molecule has 1 aromatic carbocycles. The highest BCUT2D eigenvalue weighted by Crippen LogP contribution is 2.28. The largest absolute Gasteiger partial charge is 0.378 e. The lowest BCUT2D eigenvalue weighted by atomic mass is 10.1. The average molecular weight is 464 g/mol. The number of fused-ring (bicyclic) bond motifs is 1. The predicted molar refractivity (Wildman–Crippen MR) is 131 cm³/mol. The Kier molecular flexibility index (Phi) is 6.39. The lowest BCUT2D eigenvalue weighted by molar-refractivity contribution is -0.116. The molecule has 5 rings (SSSR count). The first kappa shape index (κ1) is 22.3. The summed E-state index contributed by atoms with van der Waals surface area (Å²) < 4.78 is 5.37. The molecule has 2 aliphatic heterocycles. The normalized spacial score (nSPS) is 16.3. The van der Waals surface area contributed by atoms with Crippen LogP contribution >= 0.6 is 0 Å². The molecule has 4 heterocycles. The topological polar surface area (TPSA) is 116 Å². The Bertz CT molecular complexity index is 1250. The molecule has 34 heavy (non-hydrogen) atoms. The number of aromatic amines is 1. The molecular formula is C24H29N7O3. The van der Waals surface area contributed by atoms with Gasteiger partial charge in [-0.1, -0.05) is 12.1 Å². The maximum atomic E-state index is 12.9. The molecule has 0 radical (unpaired) electrons. The summed E-state index contributed by atoms with van der Waals surface area (Å²) in [5.74, 6) is 1.52. The number of hydrogen-bond donors (Lipinski definition) is 2. The van der Waals surface area contributed by atoms with Gasteiger partial charge in [0.2, 0.25) is 11.9 Å². The Morgan fingerprint density at radius 2 is 1.74 bits per heavy atom. The molecule has 2 aromatic heterocycles. The number of para-hydroxylation sites is 2. The van der Waals surface area contributed by atoms with E-state index in [-0.39, 0.29) is 17.9 Å². The van der Waals surface area contributed by atoms with Crippen LogP contribution in [0.15, 0.2) is 29.1 Å². The summed E-state index contributed by atoms with van der Waals surface area (Å²) in [4.78, 5) is 46.7. The predicted octanol–water partition coefficient (Wildman–Crippen LogP) is 2.03. The Hall–Kier alpha value is -3.53. The third-order valence-corrected chi connectivity index (χ3v) is 6.34. The molecule has 1 amide bonds. The molecule has 2 fully saturated rings. The number of morpholine rings is 1. The average Bonchev–Trinajstić information content (AvgIpc) is 3.38. The molecule has 0 bridgehead atoms. The number of carbonyl (C=O) groups excluding carboxylic acids is 1. The Morgan fingerprint density at radius 1 is 1.03 bits per heavy atom. The maximum absolute atomic E-state index is 12.9. The second-order valence-electron chi connectivity index (χ2n) is 8.68. The maximum Gasteiger partial charge on any atom is 0.255 e. The lowest BCUT2D eigenvalue weighted by Gasteiger charge is -2.27. The zero-order valence-electron chi connectivity index (χ0n) is 19.3. The van der Waals surface area contributed by atoms with Crippen LogP contribution < -0.4 is 20.7 Å². The molecule has 2 aliphatic rings. The van der Waals surface area contributed by atoms with Crippen molar-refractivity contribution in [1.82, 2.24) is 19.9 Å². The minimum absolute atomic E-state index is 0.149. The first-order valence-electron chi connectivity index (χ1n) is 11.8. The Morgan fingerprint density at radius 3 is 2.44 bits per heavy atom. The van der Waals surface area contributed by atoms with Crippen LogP contribution in [-0.2, 0) is 16.0 Å². The van der Waals surface area contributed by atoms with E-state index in [0.717, 1.165) is 37.0 Å². The smallest absolute Gasteiger partial charge is 0.255 e. The molecular weight excluding hydrogens is 434 g/mol. The molecule has 3 aromatic rings. The number of hydrogen-bond acceptors (Lipinski definition) is 8. The van der Waals surface area contributed by atoms with Gasteiger partial charge in [0.05, 0.1) is 24.2 Å². The van der Waals surface area contributed by atoms with E-state index in [2.05, 4.69) is 25.2 Å². The number of H-pyrrole nitrogens is 1. The number of rotatable bonds is 6. The highest BCUT2D eigenvalue weighted by Gasteiger charge is 2.21. The van der Waals surface area contributed by atoms with Crippen molar-refractivity contribution >= 4 is 34.5 Å². The molecule has 10 heteroatoms. The van der Waals surface area contributed by atoms with Crippen LogP contribution in [0, 0.1) is 6.92 Å². The van der Waals surface area contributed by atoms with Crippen molar-refractivity contribution in [1.29, 1.82) is 0 Å². The number of ether oxygens (including phenoxy) is 1.